The van der Waals surface area contributed by atoms with Crippen LogP contribution in [0.5, 0.6) is 0 Å². The molecule has 10 aromatic carbocycles. The third-order valence-corrected chi connectivity index (χ3v) is 21.6. The van der Waals surface area contributed by atoms with Crippen LogP contribution in [0, 0.1) is 0 Å². The molecule has 0 radical (unpaired) electrons. The Balaban J connectivity index is 0.958. The standard InChI is InChI=1S/C76H54N2S2/c1-73(2)55-25-9-13-29-59(55)75(60-30-14-10-26-56(60)73)63-45-69(47-37-41-49(42-38-47)77-65-33-17-5-21-51(65)52-22-6-18-34-66(52)77)80-72(63)76(61-31-15-11-27-57(61)74(3,4)58-28-12-16-32-62(58)76)64-46-70(79-71(64)75)48-39-43-50(44-40-48)78-67-35-19-7-23-53(67)54-24-8-20-36-68(54)78/h5-46H,1-4H3. The number of benzene rings is 10. The summed E-state index contributed by atoms with van der Waals surface area (Å²) in [6, 6.07) is 97.3. The molecule has 380 valence electrons. The summed E-state index contributed by atoms with van der Waals surface area (Å²) in [5.74, 6) is 0. The van der Waals surface area contributed by atoms with Gasteiger partial charge in [0.1, 0.15) is 0 Å². The lowest BCUT2D eigenvalue weighted by Gasteiger charge is -2.55. The van der Waals surface area contributed by atoms with E-state index in [1.807, 2.05) is 22.7 Å². The maximum Gasteiger partial charge on any atom is 0.0815 e. The van der Waals surface area contributed by atoms with E-state index in [-0.39, 0.29) is 10.8 Å². The predicted octanol–water partition coefficient (Wildman–Crippen LogP) is 19.7. The molecule has 3 aliphatic carbocycles. The number of thiophene rings is 2. The molecule has 4 heteroatoms. The van der Waals surface area contributed by atoms with Gasteiger partial charge in [-0.1, -0.05) is 222 Å². The second-order valence-electron chi connectivity index (χ2n) is 23.5. The van der Waals surface area contributed by atoms with Gasteiger partial charge in [0.15, 0.2) is 0 Å². The summed E-state index contributed by atoms with van der Waals surface area (Å²) in [7, 11) is 0. The molecule has 0 unspecified atom stereocenters. The average molecular weight is 1060 g/mol. The summed E-state index contributed by atoms with van der Waals surface area (Å²) in [4.78, 5) is 5.35. The van der Waals surface area contributed by atoms with Gasteiger partial charge in [0.2, 0.25) is 0 Å². The van der Waals surface area contributed by atoms with E-state index in [0.29, 0.717) is 0 Å². The van der Waals surface area contributed by atoms with E-state index < -0.39 is 10.8 Å². The van der Waals surface area contributed by atoms with Gasteiger partial charge in [-0.3, -0.25) is 0 Å². The second-order valence-corrected chi connectivity index (χ2v) is 25.6. The molecule has 0 amide bonds. The Kier molecular flexibility index (Phi) is 9.46. The molecule has 0 N–H and O–H groups in total. The van der Waals surface area contributed by atoms with Gasteiger partial charge in [-0.15, -0.1) is 22.7 Å². The summed E-state index contributed by atoms with van der Waals surface area (Å²) in [6.07, 6.45) is 0. The van der Waals surface area contributed by atoms with E-state index in [4.69, 9.17) is 0 Å². The average Bonchev–Trinajstić information content (AvgIpc) is 4.43. The fourth-order valence-electron chi connectivity index (χ4n) is 15.4. The van der Waals surface area contributed by atoms with Crippen molar-refractivity contribution in [2.45, 2.75) is 49.4 Å². The number of nitrogens with zero attached hydrogens (tertiary/aromatic N) is 2. The molecule has 17 rings (SSSR count). The van der Waals surface area contributed by atoms with Gasteiger partial charge in [0, 0.05) is 63.3 Å². The molecule has 0 aliphatic heterocycles. The van der Waals surface area contributed by atoms with Gasteiger partial charge in [-0.25, -0.2) is 0 Å². The highest BCUT2D eigenvalue weighted by molar-refractivity contribution is 7.17. The van der Waals surface area contributed by atoms with Gasteiger partial charge < -0.3 is 9.13 Å². The minimum atomic E-state index is -0.640. The molecule has 2 spiro atoms. The van der Waals surface area contributed by atoms with E-state index in [1.54, 1.807) is 0 Å². The normalized spacial score (nSPS) is 15.7. The maximum absolute atomic E-state index is 2.64. The van der Waals surface area contributed by atoms with Crippen molar-refractivity contribution in [1.82, 2.24) is 9.13 Å². The first kappa shape index (κ1) is 46.1. The van der Waals surface area contributed by atoms with Crippen LogP contribution >= 0.6 is 22.7 Å². The molecule has 2 nitrogen and oxygen atoms in total. The summed E-state index contributed by atoms with van der Waals surface area (Å²) < 4.78 is 4.86. The fraction of sp³-hybridized carbons (Fsp3) is 0.105. The topological polar surface area (TPSA) is 9.86 Å². The largest absolute Gasteiger partial charge is 0.309 e. The quantitative estimate of drug-likeness (QED) is 0.166. The maximum atomic E-state index is 2.64. The summed E-state index contributed by atoms with van der Waals surface area (Å²) in [6.45, 7) is 9.76. The van der Waals surface area contributed by atoms with Crippen molar-refractivity contribution < 1.29 is 0 Å². The molecular formula is C76H54N2S2. The highest BCUT2D eigenvalue weighted by atomic mass is 32.1. The number of rotatable bonds is 4. The van der Waals surface area contributed by atoms with Crippen LogP contribution in [0.2, 0.25) is 0 Å². The van der Waals surface area contributed by atoms with Gasteiger partial charge in [-0.05, 0) is 127 Å². The molecule has 0 saturated carbocycles. The van der Waals surface area contributed by atoms with Crippen LogP contribution in [0.25, 0.3) is 75.9 Å². The number of hydrogen-bond acceptors (Lipinski definition) is 2. The smallest absolute Gasteiger partial charge is 0.0815 e. The summed E-state index contributed by atoms with van der Waals surface area (Å²) in [5, 5.41) is 5.09. The van der Waals surface area contributed by atoms with Crippen LogP contribution in [0.1, 0.15) is 93.1 Å². The van der Waals surface area contributed by atoms with E-state index in [1.165, 1.54) is 130 Å². The lowest BCUT2D eigenvalue weighted by atomic mass is 9.48. The Bertz CT molecular complexity index is 4330. The third kappa shape index (κ3) is 5.82. The van der Waals surface area contributed by atoms with Gasteiger partial charge in [0.25, 0.3) is 0 Å². The molecule has 14 aromatic rings. The molecule has 3 aliphatic rings. The van der Waals surface area contributed by atoms with Crippen molar-refractivity contribution in [2.24, 2.45) is 0 Å². The zero-order chi connectivity index (χ0) is 53.3. The Morgan fingerprint density at radius 3 is 0.800 bits per heavy atom. The lowest BCUT2D eigenvalue weighted by molar-refractivity contribution is 0.522. The van der Waals surface area contributed by atoms with E-state index in [0.717, 1.165) is 11.4 Å². The minimum Gasteiger partial charge on any atom is -0.309 e. The van der Waals surface area contributed by atoms with Crippen molar-refractivity contribution in [3.8, 4) is 32.3 Å². The van der Waals surface area contributed by atoms with Crippen LogP contribution in [0.3, 0.4) is 0 Å². The van der Waals surface area contributed by atoms with E-state index in [2.05, 4.69) is 292 Å². The second kappa shape index (κ2) is 16.4. The Hall–Kier alpha value is -8.80. The highest BCUT2D eigenvalue weighted by Crippen LogP contribution is 2.70. The number of para-hydroxylation sites is 4. The first-order chi connectivity index (χ1) is 39.2. The molecule has 0 fully saturated rings. The van der Waals surface area contributed by atoms with E-state index >= 15 is 0 Å². The molecule has 0 bridgehead atoms. The monoisotopic (exact) mass is 1060 g/mol. The van der Waals surface area contributed by atoms with Crippen LogP contribution in [0.4, 0.5) is 0 Å². The SMILES string of the molecule is CC1(C)c2ccccc2C2(c3ccccc31)c1cc(-c3ccc(-n4c5ccccc5c5ccccc54)cc3)sc1C1(c3ccccc3C(C)(C)c3ccccc31)c1cc(-c3ccc(-n4c5ccccc5c5ccccc54)cc3)sc12. The van der Waals surface area contributed by atoms with Crippen molar-refractivity contribution in [3.63, 3.8) is 0 Å². The van der Waals surface area contributed by atoms with Crippen LogP contribution in [-0.2, 0) is 21.7 Å². The first-order valence-electron chi connectivity index (χ1n) is 28.1. The number of aromatic nitrogens is 2. The Morgan fingerprint density at radius 1 is 0.263 bits per heavy atom. The van der Waals surface area contributed by atoms with Crippen LogP contribution in [-0.4, -0.2) is 9.13 Å². The molecule has 4 heterocycles. The van der Waals surface area contributed by atoms with Crippen molar-refractivity contribution in [2.75, 3.05) is 0 Å². The van der Waals surface area contributed by atoms with Crippen molar-refractivity contribution in [1.29, 1.82) is 0 Å². The van der Waals surface area contributed by atoms with Crippen molar-refractivity contribution in [3.05, 3.63) is 320 Å². The molecule has 4 aromatic heterocycles. The number of hydrogen-bond donors (Lipinski definition) is 0. The first-order valence-corrected chi connectivity index (χ1v) is 29.7. The van der Waals surface area contributed by atoms with Gasteiger partial charge in [0.05, 0.1) is 32.9 Å². The molecule has 0 atom stereocenters. The summed E-state index contributed by atoms with van der Waals surface area (Å²) >= 11 is 4.02. The van der Waals surface area contributed by atoms with Crippen LogP contribution in [0.15, 0.2) is 255 Å². The summed E-state index contributed by atoms with van der Waals surface area (Å²) in [5.41, 5.74) is 21.7. The lowest BCUT2D eigenvalue weighted by Crippen LogP contribution is -2.50. The van der Waals surface area contributed by atoms with E-state index in [9.17, 15) is 0 Å². The zero-order valence-electron chi connectivity index (χ0n) is 45.0. The molecule has 0 saturated heterocycles. The molecular weight excluding hydrogens is 1000 g/mol. The van der Waals surface area contributed by atoms with Gasteiger partial charge >= 0.3 is 0 Å². The fourth-order valence-corrected chi connectivity index (χ4v) is 18.4. The Labute approximate surface area is 474 Å². The minimum absolute atomic E-state index is 0.244. The van der Waals surface area contributed by atoms with Gasteiger partial charge in [-0.2, -0.15) is 0 Å². The number of fused-ring (bicyclic) bond motifs is 20. The highest BCUT2D eigenvalue weighted by Gasteiger charge is 2.62. The zero-order valence-corrected chi connectivity index (χ0v) is 46.6. The van der Waals surface area contributed by atoms with Crippen LogP contribution < -0.4 is 0 Å². The molecule has 80 heavy (non-hydrogen) atoms. The predicted molar refractivity (Wildman–Crippen MR) is 336 cm³/mol. The van der Waals surface area contributed by atoms with Crippen molar-refractivity contribution >= 4 is 66.3 Å². The third-order valence-electron chi connectivity index (χ3n) is 19.0. The Morgan fingerprint density at radius 2 is 0.512 bits per heavy atom.